The summed E-state index contributed by atoms with van der Waals surface area (Å²) in [6, 6.07) is 3.71. The number of aryl methyl sites for hydroxylation is 1. The van der Waals surface area contributed by atoms with E-state index in [1.807, 2.05) is 17.6 Å². The van der Waals surface area contributed by atoms with Crippen LogP contribution in [0.3, 0.4) is 0 Å². The van der Waals surface area contributed by atoms with Crippen LogP contribution >= 0.6 is 0 Å². The Morgan fingerprint density at radius 2 is 2.32 bits per heavy atom. The highest BCUT2D eigenvalue weighted by Crippen LogP contribution is 2.13. The number of aromatic nitrogens is 1. The predicted molar refractivity (Wildman–Crippen MR) is 72.5 cm³/mol. The highest BCUT2D eigenvalue weighted by molar-refractivity contribution is 5.93. The lowest BCUT2D eigenvalue weighted by atomic mass is 10.3. The molecule has 0 radical (unpaired) electrons. The molecule has 0 aliphatic carbocycles. The Labute approximate surface area is 113 Å². The van der Waals surface area contributed by atoms with Crippen LogP contribution in [-0.2, 0) is 11.3 Å². The van der Waals surface area contributed by atoms with Crippen LogP contribution in [0.15, 0.2) is 12.3 Å². The summed E-state index contributed by atoms with van der Waals surface area (Å²) >= 11 is 0. The third-order valence-electron chi connectivity index (χ3n) is 2.82. The van der Waals surface area contributed by atoms with E-state index in [0.717, 1.165) is 0 Å². The van der Waals surface area contributed by atoms with Gasteiger partial charge in [-0.2, -0.15) is 5.26 Å². The van der Waals surface area contributed by atoms with Gasteiger partial charge in [0.05, 0.1) is 24.8 Å². The van der Waals surface area contributed by atoms with E-state index in [0.29, 0.717) is 44.0 Å². The maximum absolute atomic E-state index is 12.4. The Kier molecular flexibility index (Phi) is 5.90. The van der Waals surface area contributed by atoms with Gasteiger partial charge in [-0.1, -0.05) is 0 Å². The predicted octanol–water partition coefficient (Wildman–Crippen LogP) is 1.09. The van der Waals surface area contributed by atoms with Gasteiger partial charge in [0, 0.05) is 32.9 Å². The van der Waals surface area contributed by atoms with Gasteiger partial charge in [-0.05, 0) is 13.0 Å². The molecule has 0 fully saturated rings. The van der Waals surface area contributed by atoms with E-state index in [-0.39, 0.29) is 5.91 Å². The summed E-state index contributed by atoms with van der Waals surface area (Å²) in [5, 5.41) is 8.65. The fraction of sp³-hybridized carbons (Fsp3) is 0.538. The largest absolute Gasteiger partial charge is 0.397 e. The first-order valence-electron chi connectivity index (χ1n) is 6.24. The van der Waals surface area contributed by atoms with Crippen LogP contribution in [0.5, 0.6) is 0 Å². The highest BCUT2D eigenvalue weighted by atomic mass is 16.5. The molecule has 0 unspecified atom stereocenters. The molecule has 0 atom stereocenters. The maximum atomic E-state index is 12.4. The van der Waals surface area contributed by atoms with Crippen molar-refractivity contribution >= 4 is 11.6 Å². The first-order valence-corrected chi connectivity index (χ1v) is 6.24. The number of methoxy groups -OCH3 is 1. The molecule has 104 valence electrons. The number of ether oxygens (including phenoxy) is 1. The maximum Gasteiger partial charge on any atom is 0.270 e. The standard InChI is InChI=1S/C13H20N4O2/c1-3-16-10-11(15)9-12(16)13(18)17(6-4-5-14)7-8-19-2/h9-10H,3-4,6-8,15H2,1-2H3. The molecule has 1 heterocycles. The molecule has 0 bridgehead atoms. The fourth-order valence-electron chi connectivity index (χ4n) is 1.84. The highest BCUT2D eigenvalue weighted by Gasteiger charge is 2.19. The smallest absolute Gasteiger partial charge is 0.270 e. The molecular formula is C13H20N4O2. The Hall–Kier alpha value is -2.00. The van der Waals surface area contributed by atoms with E-state index in [1.54, 1.807) is 24.3 Å². The van der Waals surface area contributed by atoms with Crippen LogP contribution in [0.2, 0.25) is 0 Å². The number of nitriles is 1. The summed E-state index contributed by atoms with van der Waals surface area (Å²) in [4.78, 5) is 14.1. The lowest BCUT2D eigenvalue weighted by Crippen LogP contribution is -2.35. The third-order valence-corrected chi connectivity index (χ3v) is 2.82. The quantitative estimate of drug-likeness (QED) is 0.799. The average Bonchev–Trinajstić information content (AvgIpc) is 2.79. The minimum absolute atomic E-state index is 0.120. The number of nitrogen functional groups attached to an aromatic ring is 1. The van der Waals surface area contributed by atoms with Gasteiger partial charge in [-0.25, -0.2) is 0 Å². The van der Waals surface area contributed by atoms with Crippen LogP contribution in [-0.4, -0.2) is 42.2 Å². The average molecular weight is 264 g/mol. The molecule has 0 saturated carbocycles. The van der Waals surface area contributed by atoms with Crippen molar-refractivity contribution in [2.45, 2.75) is 19.9 Å². The Balaban J connectivity index is 2.87. The molecule has 1 aromatic heterocycles. The number of rotatable bonds is 7. The number of hydrogen-bond acceptors (Lipinski definition) is 4. The van der Waals surface area contributed by atoms with Crippen LogP contribution in [0.4, 0.5) is 5.69 Å². The zero-order chi connectivity index (χ0) is 14.3. The molecule has 1 amide bonds. The summed E-state index contributed by atoms with van der Waals surface area (Å²) < 4.78 is 6.80. The van der Waals surface area contributed by atoms with Crippen molar-refractivity contribution in [3.05, 3.63) is 18.0 Å². The van der Waals surface area contributed by atoms with Crippen LogP contribution in [0.25, 0.3) is 0 Å². The number of nitrogens with two attached hydrogens (primary N) is 1. The summed E-state index contributed by atoms with van der Waals surface area (Å²) in [5.74, 6) is -0.120. The van der Waals surface area contributed by atoms with E-state index >= 15 is 0 Å². The number of hydrogen-bond donors (Lipinski definition) is 1. The van der Waals surface area contributed by atoms with E-state index < -0.39 is 0 Å². The van der Waals surface area contributed by atoms with Crippen molar-refractivity contribution in [1.82, 2.24) is 9.47 Å². The summed E-state index contributed by atoms with van der Waals surface area (Å²) in [6.45, 7) is 3.93. The molecule has 19 heavy (non-hydrogen) atoms. The molecule has 6 heteroatoms. The molecule has 0 aromatic carbocycles. The minimum atomic E-state index is -0.120. The van der Waals surface area contributed by atoms with Crippen molar-refractivity contribution in [1.29, 1.82) is 5.26 Å². The molecule has 0 saturated heterocycles. The van der Waals surface area contributed by atoms with Gasteiger partial charge in [0.2, 0.25) is 0 Å². The normalized spacial score (nSPS) is 10.2. The van der Waals surface area contributed by atoms with Crippen LogP contribution < -0.4 is 5.73 Å². The van der Waals surface area contributed by atoms with Gasteiger partial charge in [-0.15, -0.1) is 0 Å². The lowest BCUT2D eigenvalue weighted by molar-refractivity contribution is 0.0689. The SMILES string of the molecule is CCn1cc(N)cc1C(=O)N(CCC#N)CCOC. The molecule has 2 N–H and O–H groups in total. The molecule has 1 aromatic rings. The molecule has 0 aliphatic rings. The van der Waals surface area contributed by atoms with E-state index in [1.165, 1.54) is 0 Å². The topological polar surface area (TPSA) is 84.3 Å². The molecule has 0 spiro atoms. The van der Waals surface area contributed by atoms with Crippen LogP contribution in [0, 0.1) is 11.3 Å². The van der Waals surface area contributed by atoms with E-state index in [9.17, 15) is 4.79 Å². The van der Waals surface area contributed by atoms with E-state index in [4.69, 9.17) is 15.7 Å². The molecule has 1 rings (SSSR count). The van der Waals surface area contributed by atoms with Gasteiger partial charge in [-0.3, -0.25) is 4.79 Å². The molecule has 6 nitrogen and oxygen atoms in total. The second-order valence-corrected chi connectivity index (χ2v) is 4.14. The Morgan fingerprint density at radius 3 is 2.89 bits per heavy atom. The second-order valence-electron chi connectivity index (χ2n) is 4.14. The fourth-order valence-corrected chi connectivity index (χ4v) is 1.84. The zero-order valence-electron chi connectivity index (χ0n) is 11.4. The molecular weight excluding hydrogens is 244 g/mol. The van der Waals surface area contributed by atoms with Crippen molar-refractivity contribution < 1.29 is 9.53 Å². The van der Waals surface area contributed by atoms with Crippen molar-refractivity contribution in [2.75, 3.05) is 32.5 Å². The van der Waals surface area contributed by atoms with Crippen molar-refractivity contribution in [3.63, 3.8) is 0 Å². The van der Waals surface area contributed by atoms with Gasteiger partial charge < -0.3 is 19.9 Å². The van der Waals surface area contributed by atoms with Gasteiger partial charge in [0.15, 0.2) is 0 Å². The first kappa shape index (κ1) is 15.1. The second kappa shape index (κ2) is 7.44. The number of carbonyl (C=O) groups excluding carboxylic acids is 1. The Bertz CT molecular complexity index is 462. The monoisotopic (exact) mass is 264 g/mol. The van der Waals surface area contributed by atoms with Gasteiger partial charge in [0.25, 0.3) is 5.91 Å². The Morgan fingerprint density at radius 1 is 1.58 bits per heavy atom. The first-order chi connectivity index (χ1) is 9.13. The third kappa shape index (κ3) is 4.00. The van der Waals surface area contributed by atoms with Crippen molar-refractivity contribution in [2.24, 2.45) is 0 Å². The summed E-state index contributed by atoms with van der Waals surface area (Å²) in [7, 11) is 1.58. The molecule has 0 aliphatic heterocycles. The van der Waals surface area contributed by atoms with Gasteiger partial charge >= 0.3 is 0 Å². The van der Waals surface area contributed by atoms with Crippen LogP contribution in [0.1, 0.15) is 23.8 Å². The van der Waals surface area contributed by atoms with Crippen molar-refractivity contribution in [3.8, 4) is 6.07 Å². The minimum Gasteiger partial charge on any atom is -0.397 e. The number of amides is 1. The summed E-state index contributed by atoms with van der Waals surface area (Å²) in [6.07, 6.45) is 2.05. The summed E-state index contributed by atoms with van der Waals surface area (Å²) in [5.41, 5.74) is 6.84. The van der Waals surface area contributed by atoms with E-state index in [2.05, 4.69) is 0 Å². The number of carbonyl (C=O) groups is 1. The number of anilines is 1. The van der Waals surface area contributed by atoms with Gasteiger partial charge in [0.1, 0.15) is 5.69 Å². The number of nitrogens with zero attached hydrogens (tertiary/aromatic N) is 3. The lowest BCUT2D eigenvalue weighted by Gasteiger charge is -2.21. The zero-order valence-corrected chi connectivity index (χ0v) is 11.4.